The van der Waals surface area contributed by atoms with E-state index in [1.165, 1.54) is 0 Å². The van der Waals surface area contributed by atoms with E-state index in [0.29, 0.717) is 24.2 Å². The average Bonchev–Trinajstić information content (AvgIpc) is 2.68. The predicted molar refractivity (Wildman–Crippen MR) is 61.5 cm³/mol. The number of benzene rings is 1. The van der Waals surface area contributed by atoms with E-state index in [4.69, 9.17) is 4.65 Å². The first-order valence-electron chi connectivity index (χ1n) is 5.31. The molecule has 1 aliphatic rings. The average molecular weight is 219 g/mol. The molecule has 1 amide bonds. The second kappa shape index (κ2) is 4.27. The standard InChI is InChI=1S/C11H14BNO3/c1-3-13(2)11(14)8-4-5-9-7-16-12(15)10(9)6-8/h4-6,15H,3,7H2,1-2H3. The van der Waals surface area contributed by atoms with Crippen LogP contribution in [0.1, 0.15) is 22.8 Å². The number of nitrogens with zero attached hydrogens (tertiary/aromatic N) is 1. The minimum absolute atomic E-state index is 0.0376. The van der Waals surface area contributed by atoms with Crippen LogP contribution < -0.4 is 5.46 Å². The molecule has 1 aromatic carbocycles. The summed E-state index contributed by atoms with van der Waals surface area (Å²) in [5, 5.41) is 9.54. The molecule has 0 unspecified atom stereocenters. The Hall–Kier alpha value is -1.33. The molecule has 0 fully saturated rings. The quantitative estimate of drug-likeness (QED) is 0.712. The van der Waals surface area contributed by atoms with Crippen molar-refractivity contribution in [2.24, 2.45) is 0 Å². The summed E-state index contributed by atoms with van der Waals surface area (Å²) in [5.41, 5.74) is 2.24. The van der Waals surface area contributed by atoms with Crippen molar-refractivity contribution >= 4 is 18.5 Å². The van der Waals surface area contributed by atoms with Gasteiger partial charge in [0.2, 0.25) is 0 Å². The molecule has 1 aliphatic heterocycles. The van der Waals surface area contributed by atoms with Crippen LogP contribution in [-0.4, -0.2) is 36.5 Å². The Kier molecular flexibility index (Phi) is 2.98. The lowest BCUT2D eigenvalue weighted by Crippen LogP contribution is -2.31. The Morgan fingerprint density at radius 3 is 3.06 bits per heavy atom. The number of hydrogen-bond donors (Lipinski definition) is 1. The Balaban J connectivity index is 2.31. The molecule has 4 nitrogen and oxygen atoms in total. The van der Waals surface area contributed by atoms with Gasteiger partial charge in [0.05, 0.1) is 6.61 Å². The maximum Gasteiger partial charge on any atom is 0.491 e. The van der Waals surface area contributed by atoms with E-state index in [1.54, 1.807) is 24.1 Å². The molecular formula is C11H14BNO3. The van der Waals surface area contributed by atoms with Gasteiger partial charge in [-0.1, -0.05) is 6.07 Å². The molecule has 16 heavy (non-hydrogen) atoms. The molecule has 0 aliphatic carbocycles. The lowest BCUT2D eigenvalue weighted by molar-refractivity contribution is 0.0802. The van der Waals surface area contributed by atoms with Crippen LogP contribution in [0.5, 0.6) is 0 Å². The van der Waals surface area contributed by atoms with Gasteiger partial charge in [0.25, 0.3) is 5.91 Å². The minimum Gasteiger partial charge on any atom is -0.423 e. The molecule has 1 N–H and O–H groups in total. The van der Waals surface area contributed by atoms with Crippen molar-refractivity contribution in [3.63, 3.8) is 0 Å². The highest BCUT2D eigenvalue weighted by molar-refractivity contribution is 6.61. The molecule has 1 aromatic rings. The van der Waals surface area contributed by atoms with Crippen molar-refractivity contribution in [2.75, 3.05) is 13.6 Å². The fourth-order valence-corrected chi connectivity index (χ4v) is 1.71. The molecule has 0 atom stereocenters. The topological polar surface area (TPSA) is 49.8 Å². The molecule has 5 heteroatoms. The highest BCUT2D eigenvalue weighted by Gasteiger charge is 2.28. The number of hydrogen-bond acceptors (Lipinski definition) is 3. The van der Waals surface area contributed by atoms with Gasteiger partial charge < -0.3 is 14.6 Å². The van der Waals surface area contributed by atoms with Crippen LogP contribution in [0.4, 0.5) is 0 Å². The maximum atomic E-state index is 11.9. The maximum absolute atomic E-state index is 11.9. The fraction of sp³-hybridized carbons (Fsp3) is 0.364. The van der Waals surface area contributed by atoms with Gasteiger partial charge in [-0.2, -0.15) is 0 Å². The van der Waals surface area contributed by atoms with Gasteiger partial charge >= 0.3 is 7.12 Å². The van der Waals surface area contributed by atoms with Crippen LogP contribution in [0.25, 0.3) is 0 Å². The van der Waals surface area contributed by atoms with Crippen LogP contribution in [0, 0.1) is 0 Å². The highest BCUT2D eigenvalue weighted by atomic mass is 16.5. The summed E-state index contributed by atoms with van der Waals surface area (Å²) < 4.78 is 5.08. The monoisotopic (exact) mass is 219 g/mol. The smallest absolute Gasteiger partial charge is 0.423 e. The molecule has 0 bridgehead atoms. The zero-order valence-electron chi connectivity index (χ0n) is 9.43. The van der Waals surface area contributed by atoms with Gasteiger partial charge in [0, 0.05) is 19.2 Å². The van der Waals surface area contributed by atoms with Crippen LogP contribution in [0.2, 0.25) is 0 Å². The first-order chi connectivity index (χ1) is 7.63. The first kappa shape index (κ1) is 11.2. The lowest BCUT2D eigenvalue weighted by atomic mass is 9.78. The highest BCUT2D eigenvalue weighted by Crippen LogP contribution is 2.12. The molecule has 0 radical (unpaired) electrons. The summed E-state index contributed by atoms with van der Waals surface area (Å²) in [4.78, 5) is 13.5. The predicted octanol–water partition coefficient (Wildman–Crippen LogP) is -0.00380. The van der Waals surface area contributed by atoms with Gasteiger partial charge in [-0.05, 0) is 30.1 Å². The second-order valence-electron chi connectivity index (χ2n) is 3.90. The van der Waals surface area contributed by atoms with Crippen molar-refractivity contribution < 1.29 is 14.5 Å². The van der Waals surface area contributed by atoms with Crippen molar-refractivity contribution in [3.8, 4) is 0 Å². The molecule has 0 spiro atoms. The zero-order chi connectivity index (χ0) is 11.7. The largest absolute Gasteiger partial charge is 0.491 e. The summed E-state index contributed by atoms with van der Waals surface area (Å²) in [6, 6.07) is 5.32. The summed E-state index contributed by atoms with van der Waals surface area (Å²) in [6.07, 6.45) is 0. The van der Waals surface area contributed by atoms with Crippen molar-refractivity contribution in [1.82, 2.24) is 4.90 Å². The number of rotatable bonds is 2. The number of amides is 1. The Morgan fingerprint density at radius 1 is 1.62 bits per heavy atom. The third-order valence-electron chi connectivity index (χ3n) is 2.88. The normalized spacial score (nSPS) is 13.8. The molecule has 0 saturated heterocycles. The van der Waals surface area contributed by atoms with Gasteiger partial charge in [0.15, 0.2) is 0 Å². The summed E-state index contributed by atoms with van der Waals surface area (Å²) >= 11 is 0. The van der Waals surface area contributed by atoms with Gasteiger partial charge in [-0.25, -0.2) is 0 Å². The molecular weight excluding hydrogens is 205 g/mol. The van der Waals surface area contributed by atoms with Gasteiger partial charge in [-0.3, -0.25) is 4.79 Å². The number of carbonyl (C=O) groups is 1. The summed E-state index contributed by atoms with van der Waals surface area (Å²) in [7, 11) is 0.859. The Bertz CT molecular complexity index is 422. The summed E-state index contributed by atoms with van der Waals surface area (Å²) in [6.45, 7) is 2.99. The number of fused-ring (bicyclic) bond motifs is 1. The molecule has 84 valence electrons. The van der Waals surface area contributed by atoms with Gasteiger partial charge in [0.1, 0.15) is 0 Å². The third kappa shape index (κ3) is 1.84. The van der Waals surface area contributed by atoms with Crippen LogP contribution in [0.3, 0.4) is 0 Å². The van der Waals surface area contributed by atoms with Gasteiger partial charge in [-0.15, -0.1) is 0 Å². The first-order valence-corrected chi connectivity index (χ1v) is 5.31. The van der Waals surface area contributed by atoms with E-state index in [1.807, 2.05) is 13.0 Å². The van der Waals surface area contributed by atoms with Crippen molar-refractivity contribution in [2.45, 2.75) is 13.5 Å². The molecule has 1 heterocycles. The van der Waals surface area contributed by atoms with E-state index >= 15 is 0 Å². The Morgan fingerprint density at radius 2 is 2.38 bits per heavy atom. The SMILES string of the molecule is CCN(C)C(=O)c1ccc2c(c1)B(O)OC2. The zero-order valence-corrected chi connectivity index (χ0v) is 9.43. The molecule has 0 saturated carbocycles. The summed E-state index contributed by atoms with van der Waals surface area (Å²) in [5.74, 6) is -0.0376. The van der Waals surface area contributed by atoms with E-state index in [-0.39, 0.29) is 5.91 Å². The van der Waals surface area contributed by atoms with Crippen molar-refractivity contribution in [1.29, 1.82) is 0 Å². The van der Waals surface area contributed by atoms with E-state index in [9.17, 15) is 9.82 Å². The van der Waals surface area contributed by atoms with E-state index in [2.05, 4.69) is 0 Å². The van der Waals surface area contributed by atoms with Crippen LogP contribution in [-0.2, 0) is 11.3 Å². The Labute approximate surface area is 95.0 Å². The van der Waals surface area contributed by atoms with E-state index in [0.717, 1.165) is 5.56 Å². The third-order valence-corrected chi connectivity index (χ3v) is 2.88. The second-order valence-corrected chi connectivity index (χ2v) is 3.90. The van der Waals surface area contributed by atoms with E-state index < -0.39 is 7.12 Å². The fourth-order valence-electron chi connectivity index (χ4n) is 1.71. The lowest BCUT2D eigenvalue weighted by Gasteiger charge is -2.14. The van der Waals surface area contributed by atoms with Crippen LogP contribution in [0.15, 0.2) is 18.2 Å². The molecule has 2 rings (SSSR count). The van der Waals surface area contributed by atoms with Crippen molar-refractivity contribution in [3.05, 3.63) is 29.3 Å². The number of carbonyl (C=O) groups excluding carboxylic acids is 1. The minimum atomic E-state index is -0.894. The van der Waals surface area contributed by atoms with Crippen LogP contribution >= 0.6 is 0 Å². The molecule has 0 aromatic heterocycles.